The van der Waals surface area contributed by atoms with E-state index >= 15 is 0 Å². The van der Waals surface area contributed by atoms with Gasteiger partial charge in [0.25, 0.3) is 0 Å². The van der Waals surface area contributed by atoms with Gasteiger partial charge in [-0.15, -0.1) is 11.3 Å². The second-order valence-corrected chi connectivity index (χ2v) is 5.99. The maximum Gasteiger partial charge on any atom is 0.311 e. The third-order valence-electron chi connectivity index (χ3n) is 2.86. The molecule has 0 saturated heterocycles. The lowest BCUT2D eigenvalue weighted by molar-refractivity contribution is -0.385. The first kappa shape index (κ1) is 15.7. The first-order valence-corrected chi connectivity index (χ1v) is 7.86. The molecule has 0 fully saturated rings. The Hall–Kier alpha value is -1.73. The first-order chi connectivity index (χ1) is 10.0. The van der Waals surface area contributed by atoms with Crippen LogP contribution < -0.4 is 4.74 Å². The van der Waals surface area contributed by atoms with Crippen molar-refractivity contribution < 1.29 is 14.5 Å². The molecule has 0 unspecified atom stereocenters. The minimum absolute atomic E-state index is 0.109. The molecule has 0 aliphatic heterocycles. The van der Waals surface area contributed by atoms with E-state index < -0.39 is 4.92 Å². The third-order valence-corrected chi connectivity index (χ3v) is 4.74. The summed E-state index contributed by atoms with van der Waals surface area (Å²) >= 11 is 4.57. The van der Waals surface area contributed by atoms with Gasteiger partial charge < -0.3 is 4.74 Å². The Morgan fingerprint density at radius 3 is 2.76 bits per heavy atom. The summed E-state index contributed by atoms with van der Waals surface area (Å²) in [6, 6.07) is 6.54. The van der Waals surface area contributed by atoms with Crippen molar-refractivity contribution in [3.8, 4) is 5.75 Å². The Morgan fingerprint density at radius 2 is 2.19 bits per heavy atom. The van der Waals surface area contributed by atoms with Gasteiger partial charge >= 0.3 is 5.69 Å². The van der Waals surface area contributed by atoms with E-state index in [1.807, 2.05) is 6.92 Å². The molecule has 2 aromatic rings. The number of nitro groups is 1. The van der Waals surface area contributed by atoms with E-state index in [2.05, 4.69) is 15.9 Å². The minimum atomic E-state index is -0.500. The van der Waals surface area contributed by atoms with E-state index in [4.69, 9.17) is 4.74 Å². The van der Waals surface area contributed by atoms with Crippen LogP contribution in [0.4, 0.5) is 5.69 Å². The van der Waals surface area contributed by atoms with Gasteiger partial charge in [-0.3, -0.25) is 14.9 Å². The van der Waals surface area contributed by atoms with Crippen molar-refractivity contribution in [3.05, 3.63) is 54.7 Å². The quantitative estimate of drug-likeness (QED) is 0.433. The molecule has 1 heterocycles. The lowest BCUT2D eigenvalue weighted by Gasteiger charge is -2.07. The molecule has 0 radical (unpaired) electrons. The van der Waals surface area contributed by atoms with Crippen LogP contribution in [0.3, 0.4) is 0 Å². The van der Waals surface area contributed by atoms with Crippen LogP contribution >= 0.6 is 27.3 Å². The Kier molecular flexibility index (Phi) is 5.08. The fourth-order valence-electron chi connectivity index (χ4n) is 1.75. The first-order valence-electron chi connectivity index (χ1n) is 6.19. The largest absolute Gasteiger partial charge is 0.478 e. The number of ketones is 1. The van der Waals surface area contributed by atoms with Crippen LogP contribution in [0, 0.1) is 10.1 Å². The van der Waals surface area contributed by atoms with Crippen LogP contribution in [0.5, 0.6) is 5.75 Å². The number of aryl methyl sites for hydroxylation is 1. The zero-order chi connectivity index (χ0) is 15.4. The molecule has 5 nitrogen and oxygen atoms in total. The van der Waals surface area contributed by atoms with Gasteiger partial charge in [0.1, 0.15) is 0 Å². The fourth-order valence-corrected chi connectivity index (χ4v) is 3.27. The van der Waals surface area contributed by atoms with E-state index in [1.54, 1.807) is 17.5 Å². The minimum Gasteiger partial charge on any atom is -0.478 e. The van der Waals surface area contributed by atoms with Gasteiger partial charge in [-0.2, -0.15) is 0 Å². The smallest absolute Gasteiger partial charge is 0.311 e. The number of carbonyl (C=O) groups excluding carboxylic acids is 1. The molecule has 0 aliphatic rings. The second kappa shape index (κ2) is 6.82. The Balaban J connectivity index is 2.15. The number of hydrogen-bond donors (Lipinski definition) is 0. The highest BCUT2D eigenvalue weighted by molar-refractivity contribution is 9.10. The fraction of sp³-hybridized carbons (Fsp3) is 0.214. The van der Waals surface area contributed by atoms with Gasteiger partial charge in [-0.1, -0.05) is 13.0 Å². The van der Waals surface area contributed by atoms with E-state index in [0.717, 1.165) is 5.56 Å². The normalized spacial score (nSPS) is 10.4. The Labute approximate surface area is 133 Å². The van der Waals surface area contributed by atoms with Gasteiger partial charge in [-0.25, -0.2) is 0 Å². The molecule has 21 heavy (non-hydrogen) atoms. The molecule has 0 N–H and O–H groups in total. The summed E-state index contributed by atoms with van der Waals surface area (Å²) in [7, 11) is 0. The number of rotatable bonds is 6. The van der Waals surface area contributed by atoms with Crippen LogP contribution in [0.1, 0.15) is 22.2 Å². The zero-order valence-corrected chi connectivity index (χ0v) is 13.6. The van der Waals surface area contributed by atoms with E-state index in [9.17, 15) is 14.9 Å². The number of hydrogen-bond acceptors (Lipinski definition) is 5. The highest BCUT2D eigenvalue weighted by Crippen LogP contribution is 2.29. The van der Waals surface area contributed by atoms with Crippen LogP contribution in [0.2, 0.25) is 0 Å². The summed E-state index contributed by atoms with van der Waals surface area (Å²) in [4.78, 5) is 23.1. The molecular formula is C14H12BrNO4S. The van der Waals surface area contributed by atoms with Crippen LogP contribution in [0.25, 0.3) is 0 Å². The molecule has 2 rings (SSSR count). The number of nitrogens with zero attached hydrogens (tertiary/aromatic N) is 1. The number of Topliss-reactive ketones (excluding diaryl/α,β-unsaturated/α-hetero) is 1. The number of benzene rings is 1. The highest BCUT2D eigenvalue weighted by Gasteiger charge is 2.18. The number of halogens is 1. The second-order valence-electron chi connectivity index (χ2n) is 4.22. The summed E-state index contributed by atoms with van der Waals surface area (Å²) < 4.78 is 6.04. The van der Waals surface area contributed by atoms with Gasteiger partial charge in [0.2, 0.25) is 5.78 Å². The molecule has 1 aromatic heterocycles. The molecule has 0 amide bonds. The van der Waals surface area contributed by atoms with E-state index in [-0.39, 0.29) is 23.8 Å². The molecule has 7 heteroatoms. The summed E-state index contributed by atoms with van der Waals surface area (Å²) in [5.74, 6) is -0.107. The standard InChI is InChI=1S/C14H12BrNO4S/c1-2-9-3-4-13(11(7-9)16(18)19)20-8-12(17)14-10(15)5-6-21-14/h3-7H,2,8H2,1H3. The van der Waals surface area contributed by atoms with Crippen molar-refractivity contribution >= 4 is 38.7 Å². The van der Waals surface area contributed by atoms with Crippen LogP contribution in [0.15, 0.2) is 34.1 Å². The summed E-state index contributed by atoms with van der Waals surface area (Å²) in [6.45, 7) is 1.68. The zero-order valence-electron chi connectivity index (χ0n) is 11.2. The summed E-state index contributed by atoms with van der Waals surface area (Å²) in [5, 5.41) is 12.8. The molecule has 0 bridgehead atoms. The lowest BCUT2D eigenvalue weighted by atomic mass is 10.1. The van der Waals surface area contributed by atoms with Gasteiger partial charge in [0.15, 0.2) is 12.4 Å². The molecule has 0 aliphatic carbocycles. The van der Waals surface area contributed by atoms with Crippen molar-refractivity contribution in [2.75, 3.05) is 6.61 Å². The summed E-state index contributed by atoms with van der Waals surface area (Å²) in [5.41, 5.74) is 0.730. The molecule has 110 valence electrons. The number of thiophene rings is 1. The van der Waals surface area contributed by atoms with Crippen molar-refractivity contribution in [2.24, 2.45) is 0 Å². The van der Waals surface area contributed by atoms with Gasteiger partial charge in [-0.05, 0) is 45.4 Å². The third kappa shape index (κ3) is 3.68. The molecular weight excluding hydrogens is 358 g/mol. The Morgan fingerprint density at radius 1 is 1.43 bits per heavy atom. The van der Waals surface area contributed by atoms with Crippen LogP contribution in [-0.4, -0.2) is 17.3 Å². The molecule has 0 spiro atoms. The van der Waals surface area contributed by atoms with E-state index in [0.29, 0.717) is 15.8 Å². The monoisotopic (exact) mass is 369 g/mol. The van der Waals surface area contributed by atoms with Gasteiger partial charge in [0.05, 0.1) is 9.80 Å². The van der Waals surface area contributed by atoms with Crippen molar-refractivity contribution in [3.63, 3.8) is 0 Å². The number of nitro benzene ring substituents is 1. The SMILES string of the molecule is CCc1ccc(OCC(=O)c2sccc2Br)c([N+](=O)[O-])c1. The van der Waals surface area contributed by atoms with Crippen molar-refractivity contribution in [1.82, 2.24) is 0 Å². The highest BCUT2D eigenvalue weighted by atomic mass is 79.9. The molecule has 0 saturated carbocycles. The van der Waals surface area contributed by atoms with Gasteiger partial charge in [0, 0.05) is 10.5 Å². The topological polar surface area (TPSA) is 69.4 Å². The molecule has 0 atom stereocenters. The maximum atomic E-state index is 12.0. The van der Waals surface area contributed by atoms with E-state index in [1.165, 1.54) is 23.5 Å². The Bertz CT molecular complexity index is 683. The van der Waals surface area contributed by atoms with Crippen molar-refractivity contribution in [2.45, 2.75) is 13.3 Å². The average molecular weight is 370 g/mol. The number of ether oxygens (including phenoxy) is 1. The predicted molar refractivity (Wildman–Crippen MR) is 84.3 cm³/mol. The van der Waals surface area contributed by atoms with Crippen LogP contribution in [-0.2, 0) is 6.42 Å². The number of carbonyl (C=O) groups is 1. The maximum absolute atomic E-state index is 12.0. The summed E-state index contributed by atoms with van der Waals surface area (Å²) in [6.07, 6.45) is 0.697. The average Bonchev–Trinajstić information content (AvgIpc) is 2.90. The predicted octanol–water partition coefficient (Wildman–Crippen LogP) is 4.24. The molecule has 1 aromatic carbocycles. The van der Waals surface area contributed by atoms with Crippen molar-refractivity contribution in [1.29, 1.82) is 0 Å². The lowest BCUT2D eigenvalue weighted by Crippen LogP contribution is -2.11.